The third-order valence-electron chi connectivity index (χ3n) is 9.19. The second kappa shape index (κ2) is 21.1. The number of hydrogen-bond acceptors (Lipinski definition) is 15. The molecule has 344 valence electrons. The lowest BCUT2D eigenvalue weighted by Crippen LogP contribution is -2.25. The van der Waals surface area contributed by atoms with Gasteiger partial charge in [0.2, 0.25) is 0 Å². The van der Waals surface area contributed by atoms with Crippen molar-refractivity contribution in [2.45, 2.75) is 17.1 Å². The summed E-state index contributed by atoms with van der Waals surface area (Å²) in [6, 6.07) is 22.1. The second-order valence-corrected chi connectivity index (χ2v) is 18.9. The van der Waals surface area contributed by atoms with E-state index in [1.807, 2.05) is 4.72 Å². The highest BCUT2D eigenvalue weighted by Gasteiger charge is 2.27. The second-order valence-electron chi connectivity index (χ2n) is 14.0. The van der Waals surface area contributed by atoms with Gasteiger partial charge in [0.25, 0.3) is 27.7 Å². The van der Waals surface area contributed by atoms with E-state index in [1.54, 1.807) is 18.2 Å². The molecule has 5 aromatic carbocycles. The Labute approximate surface area is 379 Å². The Balaban J connectivity index is 1.08. The maximum Gasteiger partial charge on any atom is 0.391 e. The fourth-order valence-electron chi connectivity index (χ4n) is 5.84. The fourth-order valence-corrected chi connectivity index (χ4v) is 9.76. The van der Waals surface area contributed by atoms with Gasteiger partial charge in [-0.05, 0) is 109 Å². The zero-order valence-electron chi connectivity index (χ0n) is 34.2. The molecule has 6 aromatic rings. The summed E-state index contributed by atoms with van der Waals surface area (Å²) in [5.74, 6) is -4.17. The summed E-state index contributed by atoms with van der Waals surface area (Å²) >= 11 is 0.849. The lowest BCUT2D eigenvalue weighted by molar-refractivity contribution is 0.0942. The number of nitriles is 1. The minimum atomic E-state index is -4.67. The third kappa shape index (κ3) is 12.6. The van der Waals surface area contributed by atoms with Crippen LogP contribution in [-0.2, 0) is 14.6 Å². The van der Waals surface area contributed by atoms with Crippen molar-refractivity contribution < 1.29 is 71.1 Å². The first kappa shape index (κ1) is 48.1. The van der Waals surface area contributed by atoms with E-state index in [-0.39, 0.29) is 87.2 Å². The number of ether oxygens (including phenoxy) is 2. The van der Waals surface area contributed by atoms with Crippen LogP contribution in [0.25, 0.3) is 10.1 Å². The summed E-state index contributed by atoms with van der Waals surface area (Å²) in [4.78, 5) is 48.8. The van der Waals surface area contributed by atoms with Crippen molar-refractivity contribution in [2.24, 2.45) is 0 Å². The van der Waals surface area contributed by atoms with Gasteiger partial charge in [-0.1, -0.05) is 0 Å². The topological polar surface area (TPSA) is 303 Å². The van der Waals surface area contributed by atoms with Gasteiger partial charge in [0.05, 0.1) is 18.8 Å². The first-order valence-electron chi connectivity index (χ1n) is 19.5. The lowest BCUT2D eigenvalue weighted by atomic mass is 10.1. The van der Waals surface area contributed by atoms with E-state index in [0.717, 1.165) is 41.7 Å². The number of fused-ring (bicyclic) bond motifs is 1. The van der Waals surface area contributed by atoms with Crippen LogP contribution in [0.4, 0.5) is 10.1 Å². The molecule has 9 N–H and O–H groups in total. The van der Waals surface area contributed by atoms with Crippen molar-refractivity contribution in [3.8, 4) is 46.3 Å². The van der Waals surface area contributed by atoms with E-state index in [0.29, 0.717) is 22.9 Å². The number of sulfonamides is 1. The molecule has 66 heavy (non-hydrogen) atoms. The number of carbonyl (C=O) groups excluding carboxylic acids is 3. The fraction of sp³-hybridized carbons (Fsp3) is 0.163. The third-order valence-corrected chi connectivity index (χ3v) is 13.4. The van der Waals surface area contributed by atoms with Crippen molar-refractivity contribution in [1.82, 2.24) is 15.4 Å². The van der Waals surface area contributed by atoms with Crippen molar-refractivity contribution in [1.29, 1.82) is 5.26 Å². The number of phenols is 4. The molecule has 1 aromatic heterocycles. The SMILES string of the molecule is N#Cc1ccc(OP(=O)(O)CNS(=O)(=O)c2cc3cc(NC(=O)c4ccc(OCCCNC(=O)c5ccc(O)c(O)c5)c(OCCCNC(=O)c5ccc(O)c(O)c5)c4)ccc3s2)cc1F. The Morgan fingerprint density at radius 1 is 0.712 bits per heavy atom. The van der Waals surface area contributed by atoms with Gasteiger partial charge in [-0.25, -0.2) is 17.4 Å². The molecule has 0 radical (unpaired) electrons. The quantitative estimate of drug-likeness (QED) is 0.0245. The minimum Gasteiger partial charge on any atom is -0.504 e. The molecule has 0 saturated heterocycles. The Hall–Kier alpha value is -7.41. The van der Waals surface area contributed by atoms with Crippen LogP contribution in [0.1, 0.15) is 49.5 Å². The Kier molecular flexibility index (Phi) is 15.3. The monoisotopic (exact) mass is 963 g/mol. The number of anilines is 1. The highest BCUT2D eigenvalue weighted by Crippen LogP contribution is 2.42. The number of phenolic OH excluding ortho intramolecular Hbond substituents is 4. The van der Waals surface area contributed by atoms with Gasteiger partial charge in [-0.15, -0.1) is 11.3 Å². The Bertz CT molecular complexity index is 3020. The maximum atomic E-state index is 13.9. The molecule has 0 spiro atoms. The summed E-state index contributed by atoms with van der Waals surface area (Å²) in [6.45, 7) is 0.475. The van der Waals surface area contributed by atoms with Gasteiger partial charge in [0.1, 0.15) is 28.1 Å². The number of aromatic hydroxyl groups is 4. The molecule has 1 heterocycles. The van der Waals surface area contributed by atoms with Crippen LogP contribution in [0, 0.1) is 17.1 Å². The lowest BCUT2D eigenvalue weighted by Gasteiger charge is -2.15. The first-order valence-corrected chi connectivity index (χ1v) is 23.5. The predicted molar refractivity (Wildman–Crippen MR) is 237 cm³/mol. The molecule has 0 aliphatic carbocycles. The predicted octanol–water partition coefficient (Wildman–Crippen LogP) is 5.88. The van der Waals surface area contributed by atoms with E-state index < -0.39 is 58.9 Å². The highest BCUT2D eigenvalue weighted by atomic mass is 32.2. The molecule has 1 unspecified atom stereocenters. The van der Waals surface area contributed by atoms with Crippen LogP contribution in [0.2, 0.25) is 0 Å². The van der Waals surface area contributed by atoms with E-state index in [9.17, 15) is 57.1 Å². The van der Waals surface area contributed by atoms with Crippen LogP contribution in [0.5, 0.6) is 40.2 Å². The summed E-state index contributed by atoms with van der Waals surface area (Å²) in [7, 11) is -9.04. The van der Waals surface area contributed by atoms with Crippen molar-refractivity contribution in [3.63, 3.8) is 0 Å². The van der Waals surface area contributed by atoms with Crippen LogP contribution in [0.15, 0.2) is 101 Å². The molecule has 6 rings (SSSR count). The molecule has 0 bridgehead atoms. The average Bonchev–Trinajstić information content (AvgIpc) is 3.72. The largest absolute Gasteiger partial charge is 0.504 e. The van der Waals surface area contributed by atoms with Crippen molar-refractivity contribution >= 4 is 62.5 Å². The van der Waals surface area contributed by atoms with Gasteiger partial charge in [-0.2, -0.15) is 9.98 Å². The number of nitrogens with zero attached hydrogens (tertiary/aromatic N) is 1. The number of hydrogen-bond donors (Lipinski definition) is 9. The van der Waals surface area contributed by atoms with E-state index >= 15 is 0 Å². The molecule has 3 amide bonds. The Morgan fingerprint density at radius 2 is 1.30 bits per heavy atom. The normalized spacial score (nSPS) is 12.1. The van der Waals surface area contributed by atoms with Gasteiger partial charge in [0, 0.05) is 46.2 Å². The molecule has 0 aliphatic heterocycles. The minimum absolute atomic E-state index is 0.0486. The van der Waals surface area contributed by atoms with Crippen LogP contribution >= 0.6 is 18.9 Å². The smallest absolute Gasteiger partial charge is 0.391 e. The molecule has 19 nitrogen and oxygen atoms in total. The average molecular weight is 964 g/mol. The molecular formula is C43H39FN5O14PS2. The zero-order chi connectivity index (χ0) is 47.6. The number of benzene rings is 5. The number of thiophene rings is 1. The summed E-state index contributed by atoms with van der Waals surface area (Å²) < 4.78 is 72.0. The Morgan fingerprint density at radius 3 is 1.89 bits per heavy atom. The van der Waals surface area contributed by atoms with E-state index in [2.05, 4.69) is 16.0 Å². The van der Waals surface area contributed by atoms with Gasteiger partial charge in [-0.3, -0.25) is 14.4 Å². The summed E-state index contributed by atoms with van der Waals surface area (Å²) in [6.07, 6.45) is -0.427. The number of carbonyl (C=O) groups is 3. The standard InChI is InChI=1S/C43H39FN5O14PS2/c44-32-22-31(8-3-28(32)23-45)63-64(57,58)24-48-66(59,60)40-21-29-17-30(7-12-39(29)65-40)49-43(56)27-6-11-37(61-15-1-13-46-41(54)25-4-9-33(50)35(52)18-25)38(20-27)62-16-2-14-47-42(55)26-5-10-34(51)36(53)19-26/h3-12,17-22,48,50-53H,1-2,13-16,24H2,(H,46,54)(H,47,55)(H,49,56)(H,57,58). The van der Waals surface area contributed by atoms with Crippen LogP contribution < -0.4 is 34.7 Å². The van der Waals surface area contributed by atoms with Crippen LogP contribution in [0.3, 0.4) is 0 Å². The number of amides is 3. The number of nitrogens with one attached hydrogen (secondary N) is 4. The van der Waals surface area contributed by atoms with E-state index in [1.165, 1.54) is 54.6 Å². The van der Waals surface area contributed by atoms with Crippen molar-refractivity contribution in [3.05, 3.63) is 125 Å². The van der Waals surface area contributed by atoms with E-state index in [4.69, 9.17) is 19.3 Å². The molecule has 0 fully saturated rings. The highest BCUT2D eigenvalue weighted by molar-refractivity contribution is 7.92. The van der Waals surface area contributed by atoms with Crippen LogP contribution in [-0.4, -0.2) is 84.0 Å². The maximum absolute atomic E-state index is 13.9. The van der Waals surface area contributed by atoms with Gasteiger partial charge in [0.15, 0.2) is 34.5 Å². The molecule has 23 heteroatoms. The zero-order valence-corrected chi connectivity index (χ0v) is 36.7. The summed E-state index contributed by atoms with van der Waals surface area (Å²) in [5, 5.41) is 55.8. The summed E-state index contributed by atoms with van der Waals surface area (Å²) in [5.41, 5.74) is 0.365. The van der Waals surface area contributed by atoms with Gasteiger partial charge < -0.3 is 55.3 Å². The first-order chi connectivity index (χ1) is 31.4. The molecule has 0 saturated carbocycles. The number of halogens is 1. The molecule has 0 aliphatic rings. The molecule has 1 atom stereocenters. The van der Waals surface area contributed by atoms with Gasteiger partial charge >= 0.3 is 7.60 Å². The number of rotatable bonds is 20. The molecular weight excluding hydrogens is 925 g/mol. The van der Waals surface area contributed by atoms with Crippen molar-refractivity contribution in [2.75, 3.05) is 37.9 Å².